The zero-order valence-corrected chi connectivity index (χ0v) is 16.3. The van der Waals surface area contributed by atoms with Crippen molar-refractivity contribution in [3.63, 3.8) is 0 Å². The minimum absolute atomic E-state index is 0.168. The summed E-state index contributed by atoms with van der Waals surface area (Å²) in [4.78, 5) is 11.0. The number of hydrogen-bond acceptors (Lipinski definition) is 4. The number of benzene rings is 1. The van der Waals surface area contributed by atoms with Gasteiger partial charge in [-0.1, -0.05) is 13.3 Å². The summed E-state index contributed by atoms with van der Waals surface area (Å²) < 4.78 is 48.9. The highest BCUT2D eigenvalue weighted by Crippen LogP contribution is 2.35. The molecule has 0 aromatic heterocycles. The highest BCUT2D eigenvalue weighted by Gasteiger charge is 2.31. The topological polar surface area (TPSA) is 59.6 Å². The van der Waals surface area contributed by atoms with Crippen molar-refractivity contribution < 1.29 is 27.4 Å². The van der Waals surface area contributed by atoms with E-state index >= 15 is 0 Å². The minimum atomic E-state index is -4.45. The third kappa shape index (κ3) is 8.94. The molecule has 1 rings (SSSR count). The van der Waals surface area contributed by atoms with Gasteiger partial charge in [0.15, 0.2) is 5.11 Å². The summed E-state index contributed by atoms with van der Waals surface area (Å²) in [5.74, 6) is 0.0661. The summed E-state index contributed by atoms with van der Waals surface area (Å²) in [6.07, 6.45) is -1.08. The molecule has 0 fully saturated rings. The molecule has 0 radical (unpaired) electrons. The zero-order chi connectivity index (χ0) is 20.3. The second kappa shape index (κ2) is 11.6. The molecular formula is C18H25F3N2O3S. The Morgan fingerprint density at radius 3 is 2.59 bits per heavy atom. The van der Waals surface area contributed by atoms with Crippen LogP contribution in [0.15, 0.2) is 18.2 Å². The Hall–Kier alpha value is -2.03. The fourth-order valence-corrected chi connectivity index (χ4v) is 2.40. The van der Waals surface area contributed by atoms with Crippen LogP contribution in [0.25, 0.3) is 0 Å². The van der Waals surface area contributed by atoms with Crippen molar-refractivity contribution in [3.05, 3.63) is 23.8 Å². The van der Waals surface area contributed by atoms with Crippen molar-refractivity contribution in [2.24, 2.45) is 0 Å². The summed E-state index contributed by atoms with van der Waals surface area (Å²) >= 11 is 5.15. The molecule has 0 saturated carbocycles. The molecule has 27 heavy (non-hydrogen) atoms. The number of esters is 1. The van der Waals surface area contributed by atoms with Crippen LogP contribution in [0.3, 0.4) is 0 Å². The van der Waals surface area contributed by atoms with E-state index in [1.807, 2.05) is 6.92 Å². The molecule has 0 heterocycles. The van der Waals surface area contributed by atoms with Crippen LogP contribution in [0.2, 0.25) is 0 Å². The predicted molar refractivity (Wildman–Crippen MR) is 102 cm³/mol. The molecular weight excluding hydrogens is 381 g/mol. The van der Waals surface area contributed by atoms with Crippen LogP contribution in [-0.4, -0.2) is 31.3 Å². The van der Waals surface area contributed by atoms with Gasteiger partial charge in [0, 0.05) is 13.0 Å². The molecule has 5 nitrogen and oxygen atoms in total. The van der Waals surface area contributed by atoms with E-state index < -0.39 is 11.7 Å². The number of nitrogens with one attached hydrogen (secondary N) is 2. The molecule has 0 saturated heterocycles. The minimum Gasteiger partial charge on any atom is -0.491 e. The average Bonchev–Trinajstić information content (AvgIpc) is 2.62. The molecule has 9 heteroatoms. The van der Waals surface area contributed by atoms with Crippen molar-refractivity contribution in [2.75, 3.05) is 25.6 Å². The summed E-state index contributed by atoms with van der Waals surface area (Å²) in [7, 11) is 1.35. The maximum Gasteiger partial charge on any atom is 0.416 e. The second-order valence-corrected chi connectivity index (χ2v) is 6.23. The first-order chi connectivity index (χ1) is 12.8. The van der Waals surface area contributed by atoms with Gasteiger partial charge < -0.3 is 20.1 Å². The normalized spacial score (nSPS) is 11.0. The predicted octanol–water partition coefficient (Wildman–Crippen LogP) is 4.51. The van der Waals surface area contributed by atoms with E-state index in [1.165, 1.54) is 13.2 Å². The number of hydrogen-bond donors (Lipinski definition) is 2. The molecule has 1 aromatic rings. The quantitative estimate of drug-likeness (QED) is 0.339. The summed E-state index contributed by atoms with van der Waals surface area (Å²) in [6, 6.07) is 3.25. The molecule has 0 aliphatic heterocycles. The van der Waals surface area contributed by atoms with Gasteiger partial charge in [-0.2, -0.15) is 13.2 Å². The zero-order valence-electron chi connectivity index (χ0n) is 15.4. The number of carbonyl (C=O) groups is 1. The number of unbranched alkanes of at least 4 members (excludes halogenated alkanes) is 2. The SMILES string of the molecule is CCCOc1ccc(C(F)(F)F)cc1NC(=S)NCCCCCC(=O)OC. The first-order valence-corrected chi connectivity index (χ1v) is 9.14. The largest absolute Gasteiger partial charge is 0.491 e. The third-order valence-corrected chi connectivity index (χ3v) is 3.83. The summed E-state index contributed by atoms with van der Waals surface area (Å²) in [6.45, 7) is 2.83. The van der Waals surface area contributed by atoms with Gasteiger partial charge >= 0.3 is 12.1 Å². The van der Waals surface area contributed by atoms with Crippen LogP contribution >= 0.6 is 12.2 Å². The summed E-state index contributed by atoms with van der Waals surface area (Å²) in [5, 5.41) is 5.93. The standard InChI is InChI=1S/C18H25F3N2O3S/c1-3-11-26-15-9-8-13(18(19,20)21)12-14(15)23-17(27)22-10-6-4-5-7-16(24)25-2/h8-9,12H,3-7,10-11H2,1-2H3,(H2,22,23,27). The lowest BCUT2D eigenvalue weighted by Crippen LogP contribution is -2.29. The number of ether oxygens (including phenoxy) is 2. The van der Waals surface area contributed by atoms with E-state index in [9.17, 15) is 18.0 Å². The van der Waals surface area contributed by atoms with Gasteiger partial charge in [0.1, 0.15) is 5.75 Å². The number of rotatable bonds is 10. The molecule has 0 amide bonds. The van der Waals surface area contributed by atoms with Gasteiger partial charge in [-0.3, -0.25) is 4.79 Å². The van der Waals surface area contributed by atoms with E-state index in [-0.39, 0.29) is 16.8 Å². The Kier molecular flexibility index (Phi) is 9.92. The Bertz CT molecular complexity index is 624. The Morgan fingerprint density at radius 2 is 1.96 bits per heavy atom. The van der Waals surface area contributed by atoms with Crippen LogP contribution in [0.1, 0.15) is 44.6 Å². The average molecular weight is 406 g/mol. The van der Waals surface area contributed by atoms with E-state index in [0.717, 1.165) is 31.4 Å². The van der Waals surface area contributed by atoms with Crippen LogP contribution in [0.5, 0.6) is 5.75 Å². The van der Waals surface area contributed by atoms with Gasteiger partial charge in [-0.15, -0.1) is 0 Å². The number of anilines is 1. The molecule has 0 bridgehead atoms. The van der Waals surface area contributed by atoms with Crippen molar-refractivity contribution >= 4 is 29.0 Å². The molecule has 0 aliphatic rings. The maximum atomic E-state index is 12.9. The number of alkyl halides is 3. The lowest BCUT2D eigenvalue weighted by atomic mass is 10.1. The number of thiocarbonyl (C=S) groups is 1. The lowest BCUT2D eigenvalue weighted by molar-refractivity contribution is -0.140. The molecule has 0 atom stereocenters. The third-order valence-electron chi connectivity index (χ3n) is 3.59. The van der Waals surface area contributed by atoms with Crippen molar-refractivity contribution in [1.82, 2.24) is 5.32 Å². The Balaban J connectivity index is 2.56. The maximum absolute atomic E-state index is 12.9. The molecule has 0 unspecified atom stereocenters. The highest BCUT2D eigenvalue weighted by atomic mass is 32.1. The fraction of sp³-hybridized carbons (Fsp3) is 0.556. The number of carbonyl (C=O) groups excluding carboxylic acids is 1. The summed E-state index contributed by atoms with van der Waals surface area (Å²) in [5.41, 5.74) is -0.610. The van der Waals surface area contributed by atoms with E-state index in [0.29, 0.717) is 31.7 Å². The first kappa shape index (κ1) is 23.0. The van der Waals surface area contributed by atoms with Crippen molar-refractivity contribution in [1.29, 1.82) is 0 Å². The first-order valence-electron chi connectivity index (χ1n) is 8.73. The van der Waals surface area contributed by atoms with Crippen LogP contribution in [0, 0.1) is 0 Å². The second-order valence-electron chi connectivity index (χ2n) is 5.82. The van der Waals surface area contributed by atoms with Crippen molar-refractivity contribution in [2.45, 2.75) is 45.2 Å². The highest BCUT2D eigenvalue weighted by molar-refractivity contribution is 7.80. The smallest absolute Gasteiger partial charge is 0.416 e. The lowest BCUT2D eigenvalue weighted by Gasteiger charge is -2.17. The van der Waals surface area contributed by atoms with Gasteiger partial charge in [-0.25, -0.2) is 0 Å². The number of halogens is 3. The molecule has 0 spiro atoms. The molecule has 0 aliphatic carbocycles. The molecule has 1 aromatic carbocycles. The van der Waals surface area contributed by atoms with Crippen LogP contribution < -0.4 is 15.4 Å². The number of methoxy groups -OCH3 is 1. The van der Waals surface area contributed by atoms with Gasteiger partial charge in [0.2, 0.25) is 0 Å². The van der Waals surface area contributed by atoms with Gasteiger partial charge in [0.25, 0.3) is 0 Å². The van der Waals surface area contributed by atoms with Crippen LogP contribution in [-0.2, 0) is 15.7 Å². The molecule has 152 valence electrons. The Labute approximate surface area is 162 Å². The van der Waals surface area contributed by atoms with E-state index in [4.69, 9.17) is 17.0 Å². The van der Waals surface area contributed by atoms with E-state index in [2.05, 4.69) is 15.4 Å². The van der Waals surface area contributed by atoms with E-state index in [1.54, 1.807) is 0 Å². The van der Waals surface area contributed by atoms with Gasteiger partial charge in [0.05, 0.1) is 25.0 Å². The fourth-order valence-electron chi connectivity index (χ4n) is 2.18. The monoisotopic (exact) mass is 406 g/mol. The van der Waals surface area contributed by atoms with Gasteiger partial charge in [-0.05, 0) is 49.7 Å². The Morgan fingerprint density at radius 1 is 1.22 bits per heavy atom. The molecule has 2 N–H and O–H groups in total. The van der Waals surface area contributed by atoms with Crippen molar-refractivity contribution in [3.8, 4) is 5.75 Å². The van der Waals surface area contributed by atoms with Crippen LogP contribution in [0.4, 0.5) is 18.9 Å².